The highest BCUT2D eigenvalue weighted by Crippen LogP contribution is 2.39. The minimum absolute atomic E-state index is 0.0473. The zero-order valence-electron chi connectivity index (χ0n) is 15.5. The number of nitro groups is 1. The lowest BCUT2D eigenvalue weighted by atomic mass is 9.80. The van der Waals surface area contributed by atoms with E-state index in [1.54, 1.807) is 6.07 Å². The molecule has 1 saturated heterocycles. The summed E-state index contributed by atoms with van der Waals surface area (Å²) in [5.41, 5.74) is 1.93. The number of ether oxygens (including phenoxy) is 1. The number of nitro benzene ring substituents is 1. The summed E-state index contributed by atoms with van der Waals surface area (Å²) in [6, 6.07) is 5.07. The quantitative estimate of drug-likeness (QED) is 0.354. The van der Waals surface area contributed by atoms with Crippen LogP contribution in [0.4, 0.5) is 11.4 Å². The van der Waals surface area contributed by atoms with Crippen molar-refractivity contribution in [3.8, 4) is 0 Å². The van der Waals surface area contributed by atoms with Gasteiger partial charge in [0, 0.05) is 43.4 Å². The van der Waals surface area contributed by atoms with Gasteiger partial charge in [-0.25, -0.2) is 0 Å². The van der Waals surface area contributed by atoms with Gasteiger partial charge in [-0.1, -0.05) is 0 Å². The van der Waals surface area contributed by atoms with E-state index >= 15 is 0 Å². The van der Waals surface area contributed by atoms with E-state index < -0.39 is 4.92 Å². The topological polar surface area (TPSA) is 102 Å². The molecule has 0 radical (unpaired) electrons. The summed E-state index contributed by atoms with van der Waals surface area (Å²) in [6.45, 7) is 1.28. The van der Waals surface area contributed by atoms with Gasteiger partial charge in [-0.2, -0.15) is 0 Å². The van der Waals surface area contributed by atoms with Crippen molar-refractivity contribution in [2.45, 2.75) is 44.6 Å². The Bertz CT molecular complexity index is 736. The van der Waals surface area contributed by atoms with E-state index in [-0.39, 0.29) is 35.9 Å². The molecule has 8 nitrogen and oxygen atoms in total. The van der Waals surface area contributed by atoms with Gasteiger partial charge in [0.05, 0.1) is 18.0 Å². The molecule has 1 fully saturated rings. The van der Waals surface area contributed by atoms with Crippen molar-refractivity contribution in [2.75, 3.05) is 25.1 Å². The molecule has 0 spiro atoms. The van der Waals surface area contributed by atoms with Gasteiger partial charge in [0.2, 0.25) is 5.91 Å². The van der Waals surface area contributed by atoms with Crippen LogP contribution in [0.2, 0.25) is 0 Å². The fourth-order valence-electron chi connectivity index (χ4n) is 4.12. The highest BCUT2D eigenvalue weighted by atomic mass is 16.6. The normalized spacial score (nSPS) is 21.0. The maximum absolute atomic E-state index is 12.8. The molecular weight excluding hydrogens is 350 g/mol. The first-order chi connectivity index (χ1) is 13.0. The lowest BCUT2D eigenvalue weighted by molar-refractivity contribution is -0.384. The summed E-state index contributed by atoms with van der Waals surface area (Å²) < 4.78 is 4.60. The standard InChI is InChI=1S/C19H25N3O5/c1-27-18(23)6-4-9-20-19(24)15-12-13-11-14(22(25)26)7-8-16(13)21-10-3-2-5-17(15)21/h7-8,11,15,17H,2-6,9-10,12H2,1H3,(H,20,24)/t15-,17+/m0/s1. The number of non-ortho nitro benzene ring substituents is 1. The number of hydrogen-bond donors (Lipinski definition) is 1. The van der Waals surface area contributed by atoms with Crippen LogP contribution in [0.1, 0.15) is 37.7 Å². The summed E-state index contributed by atoms with van der Waals surface area (Å²) in [7, 11) is 1.34. The van der Waals surface area contributed by atoms with E-state index in [0.717, 1.165) is 37.1 Å². The van der Waals surface area contributed by atoms with Crippen LogP contribution < -0.4 is 10.2 Å². The molecule has 0 unspecified atom stereocenters. The molecule has 1 amide bonds. The first-order valence-electron chi connectivity index (χ1n) is 9.39. The van der Waals surface area contributed by atoms with Crippen molar-refractivity contribution < 1.29 is 19.2 Å². The van der Waals surface area contributed by atoms with Gasteiger partial charge < -0.3 is 15.0 Å². The van der Waals surface area contributed by atoms with Gasteiger partial charge in [0.1, 0.15) is 0 Å². The molecule has 27 heavy (non-hydrogen) atoms. The molecule has 146 valence electrons. The number of methoxy groups -OCH3 is 1. The van der Waals surface area contributed by atoms with Crippen LogP contribution in [0, 0.1) is 16.0 Å². The van der Waals surface area contributed by atoms with Crippen molar-refractivity contribution in [2.24, 2.45) is 5.92 Å². The molecule has 2 atom stereocenters. The summed E-state index contributed by atoms with van der Waals surface area (Å²) >= 11 is 0. The van der Waals surface area contributed by atoms with E-state index in [1.165, 1.54) is 13.2 Å². The largest absolute Gasteiger partial charge is 0.469 e. The van der Waals surface area contributed by atoms with Gasteiger partial charge in [0.25, 0.3) is 5.69 Å². The second-order valence-electron chi connectivity index (χ2n) is 7.11. The summed E-state index contributed by atoms with van der Waals surface area (Å²) in [5, 5.41) is 14.0. The van der Waals surface area contributed by atoms with Gasteiger partial charge in [-0.05, 0) is 43.7 Å². The number of amides is 1. The van der Waals surface area contributed by atoms with E-state index in [1.807, 2.05) is 6.07 Å². The third-order valence-corrected chi connectivity index (χ3v) is 5.46. The van der Waals surface area contributed by atoms with Crippen LogP contribution in [0.5, 0.6) is 0 Å². The monoisotopic (exact) mass is 375 g/mol. The lowest BCUT2D eigenvalue weighted by Crippen LogP contribution is -2.53. The first-order valence-corrected chi connectivity index (χ1v) is 9.39. The number of carbonyl (C=O) groups is 2. The fourth-order valence-corrected chi connectivity index (χ4v) is 4.12. The van der Waals surface area contributed by atoms with Crippen LogP contribution in [0.3, 0.4) is 0 Å². The Morgan fingerprint density at radius 2 is 2.19 bits per heavy atom. The number of anilines is 1. The number of rotatable bonds is 6. The lowest BCUT2D eigenvalue weighted by Gasteiger charge is -2.45. The van der Waals surface area contributed by atoms with Gasteiger partial charge in [0.15, 0.2) is 0 Å². The average molecular weight is 375 g/mol. The Labute approximate surface area is 158 Å². The highest BCUT2D eigenvalue weighted by Gasteiger charge is 2.39. The van der Waals surface area contributed by atoms with E-state index in [9.17, 15) is 19.7 Å². The number of nitrogens with one attached hydrogen (secondary N) is 1. The van der Waals surface area contributed by atoms with Crippen LogP contribution in [0.15, 0.2) is 18.2 Å². The van der Waals surface area contributed by atoms with Crippen molar-refractivity contribution in [1.82, 2.24) is 5.32 Å². The number of nitrogens with zero attached hydrogens (tertiary/aromatic N) is 2. The number of piperidine rings is 1. The van der Waals surface area contributed by atoms with Crippen molar-refractivity contribution in [3.63, 3.8) is 0 Å². The molecule has 8 heteroatoms. The van der Waals surface area contributed by atoms with Crippen LogP contribution in [0.25, 0.3) is 0 Å². The second-order valence-corrected chi connectivity index (χ2v) is 7.11. The molecule has 3 rings (SSSR count). The summed E-state index contributed by atoms with van der Waals surface area (Å²) in [4.78, 5) is 36.9. The molecule has 2 heterocycles. The van der Waals surface area contributed by atoms with Crippen LogP contribution in [-0.2, 0) is 20.7 Å². The Morgan fingerprint density at radius 3 is 2.93 bits per heavy atom. The Kier molecular flexibility index (Phi) is 5.93. The van der Waals surface area contributed by atoms with Crippen molar-refractivity contribution >= 4 is 23.3 Å². The molecule has 0 bridgehead atoms. The molecule has 2 aliphatic heterocycles. The Hall–Kier alpha value is -2.64. The molecule has 1 aromatic carbocycles. The minimum Gasteiger partial charge on any atom is -0.469 e. The predicted octanol–water partition coefficient (Wildman–Crippen LogP) is 2.20. The molecular formula is C19H25N3O5. The van der Waals surface area contributed by atoms with Crippen LogP contribution in [-0.4, -0.2) is 43.0 Å². The fraction of sp³-hybridized carbons (Fsp3) is 0.579. The first kappa shape index (κ1) is 19.1. The van der Waals surface area contributed by atoms with E-state index in [0.29, 0.717) is 19.4 Å². The molecule has 0 saturated carbocycles. The third kappa shape index (κ3) is 4.20. The predicted molar refractivity (Wildman–Crippen MR) is 99.5 cm³/mol. The number of hydrogen-bond acceptors (Lipinski definition) is 6. The minimum atomic E-state index is -0.398. The third-order valence-electron chi connectivity index (χ3n) is 5.46. The van der Waals surface area contributed by atoms with Gasteiger partial charge in [-0.15, -0.1) is 0 Å². The average Bonchev–Trinajstić information content (AvgIpc) is 2.69. The molecule has 1 aromatic rings. The Morgan fingerprint density at radius 1 is 1.37 bits per heavy atom. The molecule has 0 aromatic heterocycles. The Balaban J connectivity index is 1.73. The number of esters is 1. The smallest absolute Gasteiger partial charge is 0.305 e. The number of carbonyl (C=O) groups excluding carboxylic acids is 2. The van der Waals surface area contributed by atoms with Crippen molar-refractivity contribution in [1.29, 1.82) is 0 Å². The number of benzene rings is 1. The second kappa shape index (κ2) is 8.37. The van der Waals surface area contributed by atoms with E-state index in [2.05, 4.69) is 15.0 Å². The molecule has 2 aliphatic rings. The zero-order valence-corrected chi connectivity index (χ0v) is 15.5. The summed E-state index contributed by atoms with van der Waals surface area (Å²) in [5.74, 6) is -0.575. The van der Waals surface area contributed by atoms with Gasteiger partial charge >= 0.3 is 5.97 Å². The maximum Gasteiger partial charge on any atom is 0.305 e. The maximum atomic E-state index is 12.8. The van der Waals surface area contributed by atoms with E-state index in [4.69, 9.17) is 0 Å². The van der Waals surface area contributed by atoms with Crippen molar-refractivity contribution in [3.05, 3.63) is 33.9 Å². The number of fused-ring (bicyclic) bond motifs is 3. The highest BCUT2D eigenvalue weighted by molar-refractivity contribution is 5.82. The van der Waals surface area contributed by atoms with Gasteiger partial charge in [-0.3, -0.25) is 19.7 Å². The summed E-state index contributed by atoms with van der Waals surface area (Å²) in [6.07, 6.45) is 4.38. The molecule has 1 N–H and O–H groups in total. The van der Waals surface area contributed by atoms with Crippen LogP contribution >= 0.6 is 0 Å². The zero-order chi connectivity index (χ0) is 19.4. The molecule has 0 aliphatic carbocycles. The SMILES string of the molecule is COC(=O)CCCNC(=O)[C@H]1Cc2cc([N+](=O)[O-])ccc2N2CCCC[C@H]12.